The molecule has 1 saturated heterocycles. The van der Waals surface area contributed by atoms with Gasteiger partial charge in [-0.05, 0) is 13.8 Å². The van der Waals surface area contributed by atoms with E-state index in [1.54, 1.807) is 0 Å². The maximum Gasteiger partial charge on any atom is 0.303 e. The Morgan fingerprint density at radius 3 is 2.38 bits per heavy atom. The van der Waals surface area contributed by atoms with E-state index < -0.39 is 0 Å². The highest BCUT2D eigenvalue weighted by molar-refractivity contribution is 5.66. The van der Waals surface area contributed by atoms with Crippen LogP contribution in [0.5, 0.6) is 0 Å². The molecule has 0 bridgehead atoms. The highest BCUT2D eigenvalue weighted by atomic mass is 16.6. The Bertz CT molecular complexity index is 183. The van der Waals surface area contributed by atoms with E-state index in [1.807, 2.05) is 13.8 Å². The zero-order valence-corrected chi connectivity index (χ0v) is 8.80. The number of nitrogens with two attached hydrogens (primary N) is 1. The number of quaternary nitrogens is 1. The Balaban J connectivity index is 2.50. The lowest BCUT2D eigenvalue weighted by molar-refractivity contribution is -0.665. The maximum absolute atomic E-state index is 10.9. The molecule has 1 fully saturated rings. The number of hydrogen-bond donors (Lipinski definition) is 1. The van der Waals surface area contributed by atoms with Crippen molar-refractivity contribution in [1.82, 2.24) is 0 Å². The molecule has 3 heteroatoms. The Kier molecular flexibility index (Phi) is 3.31. The Morgan fingerprint density at radius 1 is 1.38 bits per heavy atom. The van der Waals surface area contributed by atoms with Crippen LogP contribution in [0.3, 0.4) is 0 Å². The van der Waals surface area contributed by atoms with Crippen molar-refractivity contribution in [3.8, 4) is 0 Å². The summed E-state index contributed by atoms with van der Waals surface area (Å²) in [6, 6.07) is 0. The van der Waals surface area contributed by atoms with Crippen molar-refractivity contribution in [1.29, 1.82) is 0 Å². The number of carbonyl (C=O) groups excluding carboxylic acids is 1. The molecular formula is C10H20NO2+. The minimum absolute atomic E-state index is 0.167. The minimum atomic E-state index is -0.278. The number of esters is 1. The summed E-state index contributed by atoms with van der Waals surface area (Å²) in [6.45, 7) is 7.84. The van der Waals surface area contributed by atoms with Crippen LogP contribution in [0.1, 0.15) is 33.6 Å². The van der Waals surface area contributed by atoms with Gasteiger partial charge in [-0.15, -0.1) is 0 Å². The quantitative estimate of drug-likeness (QED) is 0.630. The van der Waals surface area contributed by atoms with Gasteiger partial charge in [-0.25, -0.2) is 0 Å². The molecule has 1 rings (SSSR count). The summed E-state index contributed by atoms with van der Waals surface area (Å²) < 4.78 is 5.32. The van der Waals surface area contributed by atoms with E-state index in [0.29, 0.717) is 5.92 Å². The average molecular weight is 186 g/mol. The van der Waals surface area contributed by atoms with E-state index >= 15 is 0 Å². The van der Waals surface area contributed by atoms with Crippen molar-refractivity contribution in [3.63, 3.8) is 0 Å². The van der Waals surface area contributed by atoms with Gasteiger partial charge >= 0.3 is 5.97 Å². The van der Waals surface area contributed by atoms with Gasteiger partial charge in [-0.1, -0.05) is 0 Å². The lowest BCUT2D eigenvalue weighted by Gasteiger charge is -2.35. The van der Waals surface area contributed by atoms with Crippen LogP contribution in [0.4, 0.5) is 0 Å². The second-order valence-electron chi connectivity index (χ2n) is 4.34. The molecule has 0 aromatic heterocycles. The van der Waals surface area contributed by atoms with Crippen LogP contribution in [0.2, 0.25) is 0 Å². The lowest BCUT2D eigenvalue weighted by Crippen LogP contribution is -2.86. The van der Waals surface area contributed by atoms with Crippen molar-refractivity contribution < 1.29 is 14.8 Å². The predicted molar refractivity (Wildman–Crippen MR) is 50.2 cm³/mol. The zero-order valence-electron chi connectivity index (χ0n) is 8.80. The van der Waals surface area contributed by atoms with Gasteiger partial charge in [0.15, 0.2) is 0 Å². The highest BCUT2D eigenvalue weighted by Gasteiger charge is 2.34. The number of rotatable bonds is 2. The van der Waals surface area contributed by atoms with Gasteiger partial charge in [0.25, 0.3) is 0 Å². The molecule has 0 amide bonds. The third kappa shape index (κ3) is 2.99. The van der Waals surface area contributed by atoms with E-state index in [-0.39, 0.29) is 11.6 Å². The van der Waals surface area contributed by atoms with E-state index in [0.717, 1.165) is 25.9 Å². The van der Waals surface area contributed by atoms with Crippen LogP contribution in [0.25, 0.3) is 0 Å². The summed E-state index contributed by atoms with van der Waals surface area (Å²) in [5, 5.41) is 2.32. The lowest BCUT2D eigenvalue weighted by atomic mass is 9.83. The van der Waals surface area contributed by atoms with Crippen molar-refractivity contribution in [3.05, 3.63) is 0 Å². The maximum atomic E-state index is 10.9. The van der Waals surface area contributed by atoms with Crippen LogP contribution in [0, 0.1) is 5.92 Å². The summed E-state index contributed by atoms with van der Waals surface area (Å²) in [7, 11) is 0. The van der Waals surface area contributed by atoms with E-state index in [2.05, 4.69) is 5.32 Å². The first-order valence-electron chi connectivity index (χ1n) is 5.03. The monoisotopic (exact) mass is 186 g/mol. The highest BCUT2D eigenvalue weighted by Crippen LogP contribution is 2.27. The number of hydrogen-bond acceptors (Lipinski definition) is 2. The molecule has 0 atom stereocenters. The first-order chi connectivity index (χ1) is 6.02. The molecule has 76 valence electrons. The van der Waals surface area contributed by atoms with E-state index in [9.17, 15) is 4.79 Å². The standard InChI is InChI=1S/C10H19NO2/c1-8(12)13-10(2,3)9-4-6-11-7-5-9/h9,11H,4-7H2,1-3H3/p+1. The van der Waals surface area contributed by atoms with Crippen molar-refractivity contribution >= 4 is 5.97 Å². The summed E-state index contributed by atoms with van der Waals surface area (Å²) in [5.74, 6) is 0.362. The average Bonchev–Trinajstić information content (AvgIpc) is 2.04. The summed E-state index contributed by atoms with van der Waals surface area (Å²) in [6.07, 6.45) is 2.31. The second kappa shape index (κ2) is 4.09. The molecule has 0 unspecified atom stereocenters. The van der Waals surface area contributed by atoms with Gasteiger partial charge < -0.3 is 10.1 Å². The largest absolute Gasteiger partial charge is 0.460 e. The zero-order chi connectivity index (χ0) is 9.90. The van der Waals surface area contributed by atoms with Crippen molar-refractivity contribution in [2.75, 3.05) is 13.1 Å². The van der Waals surface area contributed by atoms with Crippen LogP contribution in [-0.4, -0.2) is 24.7 Å². The molecule has 0 aliphatic carbocycles. The van der Waals surface area contributed by atoms with Crippen molar-refractivity contribution in [2.24, 2.45) is 5.92 Å². The molecule has 0 saturated carbocycles. The minimum Gasteiger partial charge on any atom is -0.460 e. The molecule has 2 N–H and O–H groups in total. The SMILES string of the molecule is CC(=O)OC(C)(C)C1CC[NH2+]CC1. The molecule has 13 heavy (non-hydrogen) atoms. The molecule has 1 aliphatic heterocycles. The molecule has 0 spiro atoms. The van der Waals surface area contributed by atoms with E-state index in [4.69, 9.17) is 4.74 Å². The van der Waals surface area contributed by atoms with Gasteiger partial charge in [0.05, 0.1) is 13.1 Å². The predicted octanol–water partition coefficient (Wildman–Crippen LogP) is 0.301. The van der Waals surface area contributed by atoms with Gasteiger partial charge in [0.1, 0.15) is 5.60 Å². The normalized spacial score (nSPS) is 19.9. The second-order valence-corrected chi connectivity index (χ2v) is 4.34. The fourth-order valence-corrected chi connectivity index (χ4v) is 2.08. The van der Waals surface area contributed by atoms with Crippen LogP contribution in [-0.2, 0) is 9.53 Å². The molecular weight excluding hydrogens is 166 g/mol. The molecule has 1 heterocycles. The molecule has 0 radical (unpaired) electrons. The number of piperidine rings is 1. The van der Waals surface area contributed by atoms with Gasteiger partial charge in [-0.3, -0.25) is 4.79 Å². The summed E-state index contributed by atoms with van der Waals surface area (Å²) in [5.41, 5.74) is -0.278. The molecule has 3 nitrogen and oxygen atoms in total. The molecule has 1 aliphatic rings. The Morgan fingerprint density at radius 2 is 1.92 bits per heavy atom. The Labute approximate surface area is 79.8 Å². The van der Waals surface area contributed by atoms with Crippen LogP contribution in [0.15, 0.2) is 0 Å². The third-order valence-corrected chi connectivity index (χ3v) is 2.83. The topological polar surface area (TPSA) is 42.9 Å². The molecule has 0 aromatic rings. The molecule has 0 aromatic carbocycles. The number of carbonyl (C=O) groups is 1. The first kappa shape index (κ1) is 10.5. The smallest absolute Gasteiger partial charge is 0.303 e. The third-order valence-electron chi connectivity index (χ3n) is 2.83. The van der Waals surface area contributed by atoms with Crippen LogP contribution < -0.4 is 5.32 Å². The summed E-state index contributed by atoms with van der Waals surface area (Å²) in [4.78, 5) is 10.9. The van der Waals surface area contributed by atoms with Gasteiger partial charge in [0.2, 0.25) is 0 Å². The fourth-order valence-electron chi connectivity index (χ4n) is 2.08. The Hall–Kier alpha value is -0.570. The van der Waals surface area contributed by atoms with Gasteiger partial charge in [0, 0.05) is 25.7 Å². The van der Waals surface area contributed by atoms with E-state index in [1.165, 1.54) is 6.92 Å². The van der Waals surface area contributed by atoms with Crippen LogP contribution >= 0.6 is 0 Å². The fraction of sp³-hybridized carbons (Fsp3) is 0.900. The summed E-state index contributed by atoms with van der Waals surface area (Å²) >= 11 is 0. The first-order valence-corrected chi connectivity index (χ1v) is 5.03. The van der Waals surface area contributed by atoms with Gasteiger partial charge in [-0.2, -0.15) is 0 Å². The number of ether oxygens (including phenoxy) is 1. The van der Waals surface area contributed by atoms with Crippen molar-refractivity contribution in [2.45, 2.75) is 39.2 Å².